The van der Waals surface area contributed by atoms with Crippen molar-refractivity contribution in [2.75, 3.05) is 18.4 Å². The number of anilines is 1. The maximum absolute atomic E-state index is 12.6. The molecule has 1 aliphatic heterocycles. The van der Waals surface area contributed by atoms with Crippen LogP contribution in [0.4, 0.5) is 10.5 Å². The number of nitrogens with one attached hydrogen (secondary N) is 2. The van der Waals surface area contributed by atoms with Crippen LogP contribution in [0.2, 0.25) is 0 Å². The number of aryl methyl sites for hydroxylation is 1. The molecule has 2 atom stereocenters. The van der Waals surface area contributed by atoms with Crippen LogP contribution in [0.25, 0.3) is 0 Å². The van der Waals surface area contributed by atoms with E-state index in [4.69, 9.17) is 0 Å². The first-order chi connectivity index (χ1) is 13.1. The molecule has 1 aliphatic carbocycles. The van der Waals surface area contributed by atoms with Crippen molar-refractivity contribution < 1.29 is 9.59 Å². The number of benzene rings is 1. The second-order valence-electron chi connectivity index (χ2n) is 7.57. The minimum Gasteiger partial charge on any atom is -0.351 e. The van der Waals surface area contributed by atoms with Crippen molar-refractivity contribution in [2.24, 2.45) is 11.3 Å². The molecule has 2 fully saturated rings. The number of hydrogen-bond donors (Lipinski definition) is 2. The molecule has 2 heterocycles. The summed E-state index contributed by atoms with van der Waals surface area (Å²) in [5, 5.41) is 8.06. The largest absolute Gasteiger partial charge is 0.351 e. The topological polar surface area (TPSA) is 61.4 Å². The van der Waals surface area contributed by atoms with Crippen molar-refractivity contribution in [3.8, 4) is 0 Å². The molecule has 1 aromatic carbocycles. The Labute approximate surface area is 163 Å². The Balaban J connectivity index is 1.29. The molecule has 0 bridgehead atoms. The Bertz CT molecular complexity index is 836. The highest BCUT2D eigenvalue weighted by Crippen LogP contribution is 2.58. The standard InChI is InChI=1S/C21H25N3O2S/c1-2-15-5-3-6-16(11-15)23-20(26)24-9-8-21(14-24)12-18(21)19(25)22-13-17-7-4-10-27-17/h3-7,10-11,18H,2,8-9,12-14H2,1H3,(H,22,25)(H,23,26)/t18-,21-/m1/s1. The number of carbonyl (C=O) groups is 2. The first kappa shape index (κ1) is 18.0. The summed E-state index contributed by atoms with van der Waals surface area (Å²) in [7, 11) is 0. The molecule has 1 spiro atoms. The molecule has 1 saturated heterocycles. The number of thiophene rings is 1. The lowest BCUT2D eigenvalue weighted by Crippen LogP contribution is -2.34. The minimum atomic E-state index is -0.0650. The molecule has 27 heavy (non-hydrogen) atoms. The van der Waals surface area contributed by atoms with Gasteiger partial charge in [0.15, 0.2) is 0 Å². The van der Waals surface area contributed by atoms with Crippen molar-refractivity contribution in [1.82, 2.24) is 10.2 Å². The zero-order chi connectivity index (χ0) is 18.9. The number of carbonyl (C=O) groups excluding carboxylic acids is 2. The third-order valence-corrected chi connectivity index (χ3v) is 6.66. The predicted molar refractivity (Wildman–Crippen MR) is 108 cm³/mol. The minimum absolute atomic E-state index is 0.0118. The summed E-state index contributed by atoms with van der Waals surface area (Å²) in [5.74, 6) is 0.167. The Kier molecular flexibility index (Phi) is 4.91. The third-order valence-electron chi connectivity index (χ3n) is 5.78. The summed E-state index contributed by atoms with van der Waals surface area (Å²) in [6, 6.07) is 11.9. The van der Waals surface area contributed by atoms with E-state index < -0.39 is 0 Å². The third kappa shape index (κ3) is 3.86. The fourth-order valence-electron chi connectivity index (χ4n) is 4.02. The number of hydrogen-bond acceptors (Lipinski definition) is 3. The van der Waals surface area contributed by atoms with Gasteiger partial charge in [-0.2, -0.15) is 0 Å². The fourth-order valence-corrected chi connectivity index (χ4v) is 4.67. The van der Waals surface area contributed by atoms with E-state index in [1.54, 1.807) is 11.3 Å². The number of rotatable bonds is 5. The molecular weight excluding hydrogens is 358 g/mol. The lowest BCUT2D eigenvalue weighted by Gasteiger charge is -2.18. The lowest BCUT2D eigenvalue weighted by molar-refractivity contribution is -0.123. The zero-order valence-electron chi connectivity index (χ0n) is 15.5. The van der Waals surface area contributed by atoms with Crippen LogP contribution in [0.5, 0.6) is 0 Å². The number of likely N-dealkylation sites (tertiary alicyclic amines) is 1. The van der Waals surface area contributed by atoms with Crippen LogP contribution in [0.1, 0.15) is 30.2 Å². The van der Waals surface area contributed by atoms with Gasteiger partial charge in [-0.3, -0.25) is 4.79 Å². The van der Waals surface area contributed by atoms with E-state index in [1.807, 2.05) is 40.6 Å². The molecule has 0 radical (unpaired) electrons. The SMILES string of the molecule is CCc1cccc(NC(=O)N2CC[C@@]3(C[C@@H]3C(=O)NCc3cccs3)C2)c1. The first-order valence-electron chi connectivity index (χ1n) is 9.54. The lowest BCUT2D eigenvalue weighted by atomic mass is 10.0. The van der Waals surface area contributed by atoms with Crippen molar-refractivity contribution in [1.29, 1.82) is 0 Å². The Morgan fingerprint density at radius 3 is 2.96 bits per heavy atom. The van der Waals surface area contributed by atoms with Gasteiger partial charge in [-0.05, 0) is 48.4 Å². The van der Waals surface area contributed by atoms with Crippen LogP contribution in [-0.2, 0) is 17.8 Å². The van der Waals surface area contributed by atoms with Gasteiger partial charge in [-0.15, -0.1) is 11.3 Å². The number of nitrogens with zero attached hydrogens (tertiary/aromatic N) is 1. The van der Waals surface area contributed by atoms with Gasteiger partial charge in [0.2, 0.25) is 5.91 Å². The Morgan fingerprint density at radius 1 is 1.30 bits per heavy atom. The summed E-state index contributed by atoms with van der Waals surface area (Å²) < 4.78 is 0. The maximum atomic E-state index is 12.6. The van der Waals surface area contributed by atoms with Crippen LogP contribution in [-0.4, -0.2) is 29.9 Å². The van der Waals surface area contributed by atoms with E-state index in [0.29, 0.717) is 19.6 Å². The average molecular weight is 384 g/mol. The fraction of sp³-hybridized carbons (Fsp3) is 0.429. The van der Waals surface area contributed by atoms with Crippen molar-refractivity contribution in [3.63, 3.8) is 0 Å². The monoisotopic (exact) mass is 383 g/mol. The molecule has 3 amide bonds. The van der Waals surface area contributed by atoms with Crippen molar-refractivity contribution in [2.45, 2.75) is 32.7 Å². The molecule has 1 saturated carbocycles. The summed E-state index contributed by atoms with van der Waals surface area (Å²) in [6.45, 7) is 4.08. The summed E-state index contributed by atoms with van der Waals surface area (Å²) in [4.78, 5) is 28.1. The molecule has 142 valence electrons. The smallest absolute Gasteiger partial charge is 0.321 e. The van der Waals surface area contributed by atoms with Crippen molar-refractivity contribution >= 4 is 29.0 Å². The quantitative estimate of drug-likeness (QED) is 0.823. The molecule has 2 aromatic rings. The van der Waals surface area contributed by atoms with Gasteiger partial charge in [0.1, 0.15) is 0 Å². The van der Waals surface area contributed by atoms with Crippen LogP contribution >= 0.6 is 11.3 Å². The first-order valence-corrected chi connectivity index (χ1v) is 10.4. The van der Waals surface area contributed by atoms with E-state index in [0.717, 1.165) is 24.9 Å². The van der Waals surface area contributed by atoms with Gasteiger partial charge < -0.3 is 15.5 Å². The predicted octanol–water partition coefficient (Wildman–Crippen LogP) is 3.87. The van der Waals surface area contributed by atoms with Crippen LogP contribution in [0.15, 0.2) is 41.8 Å². The van der Waals surface area contributed by atoms with Gasteiger partial charge >= 0.3 is 6.03 Å². The molecule has 2 N–H and O–H groups in total. The normalized spacial score (nSPS) is 23.4. The van der Waals surface area contributed by atoms with Gasteiger partial charge in [0.05, 0.1) is 6.54 Å². The molecule has 1 aromatic heterocycles. The van der Waals surface area contributed by atoms with E-state index >= 15 is 0 Å². The molecule has 5 nitrogen and oxygen atoms in total. The van der Waals surface area contributed by atoms with E-state index in [9.17, 15) is 9.59 Å². The Hall–Kier alpha value is -2.34. The van der Waals surface area contributed by atoms with E-state index in [2.05, 4.69) is 23.6 Å². The van der Waals surface area contributed by atoms with Crippen LogP contribution in [0, 0.1) is 11.3 Å². The van der Waals surface area contributed by atoms with Gasteiger partial charge in [0.25, 0.3) is 0 Å². The molecule has 0 unspecified atom stereocenters. The highest BCUT2D eigenvalue weighted by molar-refractivity contribution is 7.09. The molecule has 6 heteroatoms. The van der Waals surface area contributed by atoms with Gasteiger partial charge in [-0.1, -0.05) is 25.1 Å². The highest BCUT2D eigenvalue weighted by atomic mass is 32.1. The van der Waals surface area contributed by atoms with E-state index in [-0.39, 0.29) is 23.3 Å². The highest BCUT2D eigenvalue weighted by Gasteiger charge is 2.61. The molecule has 2 aliphatic rings. The molecular formula is C21H25N3O2S. The van der Waals surface area contributed by atoms with Crippen LogP contribution < -0.4 is 10.6 Å². The Morgan fingerprint density at radius 2 is 2.19 bits per heavy atom. The average Bonchev–Trinajstić information content (AvgIpc) is 3.02. The summed E-state index contributed by atoms with van der Waals surface area (Å²) in [5.41, 5.74) is 2.03. The zero-order valence-corrected chi connectivity index (χ0v) is 16.3. The summed E-state index contributed by atoms with van der Waals surface area (Å²) >= 11 is 1.65. The maximum Gasteiger partial charge on any atom is 0.321 e. The summed E-state index contributed by atoms with van der Waals surface area (Å²) in [6.07, 6.45) is 2.74. The van der Waals surface area contributed by atoms with Crippen LogP contribution in [0.3, 0.4) is 0 Å². The number of urea groups is 1. The van der Waals surface area contributed by atoms with E-state index in [1.165, 1.54) is 10.4 Å². The van der Waals surface area contributed by atoms with Gasteiger partial charge in [-0.25, -0.2) is 4.79 Å². The second-order valence-corrected chi connectivity index (χ2v) is 8.60. The van der Waals surface area contributed by atoms with Gasteiger partial charge in [0, 0.05) is 35.0 Å². The van der Waals surface area contributed by atoms with Crippen molar-refractivity contribution in [3.05, 3.63) is 52.2 Å². The number of amides is 3. The molecule has 4 rings (SSSR count). The second kappa shape index (κ2) is 7.35.